The van der Waals surface area contributed by atoms with Crippen LogP contribution in [0, 0.1) is 0 Å². The van der Waals surface area contributed by atoms with Crippen LogP contribution in [0.25, 0.3) is 10.3 Å². The molecule has 130 valence electrons. The average molecular weight is 411 g/mol. The van der Waals surface area contributed by atoms with Gasteiger partial charge in [0, 0.05) is 28.6 Å². The molecule has 1 aromatic carbocycles. The van der Waals surface area contributed by atoms with Gasteiger partial charge in [0.1, 0.15) is 16.2 Å². The van der Waals surface area contributed by atoms with Crippen molar-refractivity contribution in [2.75, 3.05) is 19.3 Å². The van der Waals surface area contributed by atoms with Gasteiger partial charge in [-0.05, 0) is 37.2 Å². The molecule has 0 amide bonds. The Morgan fingerprint density at radius 3 is 2.92 bits per heavy atom. The number of nitrogens with zero attached hydrogens (tertiary/aromatic N) is 3. The molecule has 0 atom stereocenters. The van der Waals surface area contributed by atoms with Crippen LogP contribution >= 0.6 is 46.3 Å². The Morgan fingerprint density at radius 2 is 2.12 bits per heavy atom. The molecule has 0 bridgehead atoms. The first-order valence-electron chi connectivity index (χ1n) is 7.84. The average Bonchev–Trinajstić information content (AvgIpc) is 2.92. The maximum atomic E-state index is 6.18. The molecule has 8 heteroatoms. The van der Waals surface area contributed by atoms with E-state index >= 15 is 0 Å². The van der Waals surface area contributed by atoms with E-state index in [9.17, 15) is 0 Å². The van der Waals surface area contributed by atoms with Gasteiger partial charge < -0.3 is 10.6 Å². The lowest BCUT2D eigenvalue weighted by atomic mass is 10.1. The molecule has 2 N–H and O–H groups in total. The van der Waals surface area contributed by atoms with Gasteiger partial charge in [0.15, 0.2) is 0 Å². The van der Waals surface area contributed by atoms with Crippen molar-refractivity contribution >= 4 is 62.5 Å². The molecule has 0 unspecified atom stereocenters. The zero-order valence-electron chi connectivity index (χ0n) is 13.6. The summed E-state index contributed by atoms with van der Waals surface area (Å²) in [5, 5.41) is 1.11. The number of hydrogen-bond donors (Lipinski definition) is 1. The standard InChI is InChI=1S/C17H16Cl2N4S2/c1-23-5-4-10-14(7-23)25-17-15(10)22-16(20)13(21-17)8-24-9-2-3-11(18)12(19)6-9/h2-3,6H,4-5,7-8H2,1H3,(H2,20,22). The minimum absolute atomic E-state index is 0.514. The minimum Gasteiger partial charge on any atom is -0.382 e. The number of rotatable bonds is 3. The van der Waals surface area contributed by atoms with Crippen LogP contribution in [0.4, 0.5) is 5.82 Å². The molecule has 4 rings (SSSR count). The number of nitrogens with two attached hydrogens (primary N) is 1. The zero-order chi connectivity index (χ0) is 17.6. The summed E-state index contributed by atoms with van der Waals surface area (Å²) in [7, 11) is 2.14. The Morgan fingerprint density at radius 1 is 1.28 bits per heavy atom. The van der Waals surface area contributed by atoms with Crippen LogP contribution in [-0.4, -0.2) is 28.5 Å². The highest BCUT2D eigenvalue weighted by atomic mass is 35.5. The van der Waals surface area contributed by atoms with Crippen LogP contribution < -0.4 is 5.73 Å². The smallest absolute Gasteiger partial charge is 0.146 e. The second kappa shape index (κ2) is 6.93. The molecular weight excluding hydrogens is 395 g/mol. The van der Waals surface area contributed by atoms with Gasteiger partial charge in [-0.2, -0.15) is 0 Å². The maximum Gasteiger partial charge on any atom is 0.146 e. The number of fused-ring (bicyclic) bond motifs is 3. The van der Waals surface area contributed by atoms with E-state index in [1.54, 1.807) is 29.2 Å². The van der Waals surface area contributed by atoms with Crippen molar-refractivity contribution in [1.29, 1.82) is 0 Å². The fourth-order valence-electron chi connectivity index (χ4n) is 2.88. The summed E-state index contributed by atoms with van der Waals surface area (Å²) in [5.74, 6) is 1.16. The molecule has 0 aliphatic carbocycles. The molecule has 1 aliphatic rings. The topological polar surface area (TPSA) is 55.0 Å². The lowest BCUT2D eigenvalue weighted by molar-refractivity contribution is 0.318. The predicted molar refractivity (Wildman–Crippen MR) is 108 cm³/mol. The van der Waals surface area contributed by atoms with Gasteiger partial charge in [0.25, 0.3) is 0 Å². The molecule has 0 saturated heterocycles. The first-order chi connectivity index (χ1) is 12.0. The van der Waals surface area contributed by atoms with Crippen molar-refractivity contribution in [3.8, 4) is 0 Å². The third-order valence-electron chi connectivity index (χ3n) is 4.23. The Bertz CT molecular complexity index is 957. The van der Waals surface area contributed by atoms with Crippen LogP contribution in [-0.2, 0) is 18.7 Å². The molecule has 0 radical (unpaired) electrons. The van der Waals surface area contributed by atoms with Crippen molar-refractivity contribution in [2.45, 2.75) is 23.6 Å². The van der Waals surface area contributed by atoms with E-state index in [-0.39, 0.29) is 0 Å². The van der Waals surface area contributed by atoms with Crippen LogP contribution in [0.2, 0.25) is 10.0 Å². The molecule has 4 nitrogen and oxygen atoms in total. The Labute approximate surface area is 164 Å². The highest BCUT2D eigenvalue weighted by molar-refractivity contribution is 7.98. The number of thiophene rings is 1. The van der Waals surface area contributed by atoms with E-state index in [2.05, 4.69) is 16.9 Å². The second-order valence-electron chi connectivity index (χ2n) is 6.07. The quantitative estimate of drug-likeness (QED) is 0.624. The van der Waals surface area contributed by atoms with E-state index in [4.69, 9.17) is 33.9 Å². The van der Waals surface area contributed by atoms with Crippen molar-refractivity contribution in [2.24, 2.45) is 0 Å². The number of halogens is 2. The van der Waals surface area contributed by atoms with E-state index < -0.39 is 0 Å². The lowest BCUT2D eigenvalue weighted by Gasteiger charge is -2.21. The van der Waals surface area contributed by atoms with Gasteiger partial charge in [0.2, 0.25) is 0 Å². The summed E-state index contributed by atoms with van der Waals surface area (Å²) < 4.78 is 0. The lowest BCUT2D eigenvalue weighted by Crippen LogP contribution is -2.25. The second-order valence-corrected chi connectivity index (χ2v) is 9.01. The molecular formula is C17H16Cl2N4S2. The van der Waals surface area contributed by atoms with E-state index in [1.165, 1.54) is 10.4 Å². The van der Waals surface area contributed by atoms with Crippen LogP contribution in [0.1, 0.15) is 16.1 Å². The SMILES string of the molecule is CN1CCc2c(sc3nc(CSc4ccc(Cl)c(Cl)c4)c(N)nc23)C1. The van der Waals surface area contributed by atoms with E-state index in [0.29, 0.717) is 21.6 Å². The number of hydrogen-bond acceptors (Lipinski definition) is 6. The van der Waals surface area contributed by atoms with Gasteiger partial charge in [0.05, 0.1) is 15.7 Å². The molecule has 0 spiro atoms. The maximum absolute atomic E-state index is 6.18. The first kappa shape index (κ1) is 17.4. The summed E-state index contributed by atoms with van der Waals surface area (Å²) in [6.45, 7) is 2.01. The first-order valence-corrected chi connectivity index (χ1v) is 10.4. The fraction of sp³-hybridized carbons (Fsp3) is 0.294. The van der Waals surface area contributed by atoms with Crippen molar-refractivity contribution < 1.29 is 0 Å². The summed E-state index contributed by atoms with van der Waals surface area (Å²) in [4.78, 5) is 15.2. The molecule has 0 fully saturated rings. The zero-order valence-corrected chi connectivity index (χ0v) is 16.7. The molecule has 2 aromatic heterocycles. The summed E-state index contributed by atoms with van der Waals surface area (Å²) in [6.07, 6.45) is 1.01. The number of nitrogen functional groups attached to an aromatic ring is 1. The van der Waals surface area contributed by atoms with Gasteiger partial charge in [-0.1, -0.05) is 23.2 Å². The Hall–Kier alpha value is -1.05. The fourth-order valence-corrected chi connectivity index (χ4v) is 5.39. The van der Waals surface area contributed by atoms with E-state index in [1.807, 2.05) is 12.1 Å². The normalized spacial score (nSPS) is 14.8. The monoisotopic (exact) mass is 410 g/mol. The summed E-state index contributed by atoms with van der Waals surface area (Å²) in [5.41, 5.74) is 9.30. The van der Waals surface area contributed by atoms with Crippen molar-refractivity contribution in [3.05, 3.63) is 44.4 Å². The number of anilines is 1. The number of aromatic nitrogens is 2. The molecule has 25 heavy (non-hydrogen) atoms. The Kier molecular flexibility index (Phi) is 4.81. The third kappa shape index (κ3) is 3.46. The van der Waals surface area contributed by atoms with Gasteiger partial charge >= 0.3 is 0 Å². The number of benzene rings is 1. The third-order valence-corrected chi connectivity index (χ3v) is 7.08. The number of likely N-dealkylation sites (N-methyl/N-ethyl adjacent to an activating group) is 1. The summed E-state index contributed by atoms with van der Waals surface area (Å²) >= 11 is 15.4. The molecule has 1 aliphatic heterocycles. The highest BCUT2D eigenvalue weighted by Crippen LogP contribution is 2.35. The van der Waals surface area contributed by atoms with Gasteiger partial charge in [-0.15, -0.1) is 23.1 Å². The van der Waals surface area contributed by atoms with Gasteiger partial charge in [-0.3, -0.25) is 0 Å². The number of thioether (sulfide) groups is 1. The van der Waals surface area contributed by atoms with E-state index in [0.717, 1.165) is 40.4 Å². The summed E-state index contributed by atoms with van der Waals surface area (Å²) in [6, 6.07) is 5.60. The van der Waals surface area contributed by atoms with Crippen LogP contribution in [0.3, 0.4) is 0 Å². The van der Waals surface area contributed by atoms with Crippen molar-refractivity contribution in [1.82, 2.24) is 14.9 Å². The Balaban J connectivity index is 1.61. The highest BCUT2D eigenvalue weighted by Gasteiger charge is 2.21. The van der Waals surface area contributed by atoms with Gasteiger partial charge in [-0.25, -0.2) is 9.97 Å². The molecule has 3 aromatic rings. The predicted octanol–water partition coefficient (Wildman–Crippen LogP) is 4.86. The van der Waals surface area contributed by atoms with Crippen molar-refractivity contribution in [3.63, 3.8) is 0 Å². The van der Waals surface area contributed by atoms with Crippen LogP contribution in [0.15, 0.2) is 23.1 Å². The minimum atomic E-state index is 0.514. The molecule has 3 heterocycles. The van der Waals surface area contributed by atoms with Crippen LogP contribution in [0.5, 0.6) is 0 Å². The largest absolute Gasteiger partial charge is 0.382 e. The molecule has 0 saturated carbocycles.